The van der Waals surface area contributed by atoms with Gasteiger partial charge in [0.15, 0.2) is 0 Å². The predicted octanol–water partition coefficient (Wildman–Crippen LogP) is 3.02. The lowest BCUT2D eigenvalue weighted by molar-refractivity contribution is 0.0141. The molecule has 1 saturated heterocycles. The fourth-order valence-corrected chi connectivity index (χ4v) is 2.67. The highest BCUT2D eigenvalue weighted by Gasteiger charge is 2.32. The maximum absolute atomic E-state index is 5.54. The summed E-state index contributed by atoms with van der Waals surface area (Å²) in [5.74, 6) is 0. The van der Waals surface area contributed by atoms with E-state index in [1.807, 2.05) is 0 Å². The topological polar surface area (TPSA) is 21.3 Å². The van der Waals surface area contributed by atoms with Gasteiger partial charge in [-0.3, -0.25) is 0 Å². The Hall–Kier alpha value is -0.860. The van der Waals surface area contributed by atoms with Gasteiger partial charge >= 0.3 is 0 Å². The summed E-state index contributed by atoms with van der Waals surface area (Å²) in [4.78, 5) is 0. The first kappa shape index (κ1) is 13.6. The summed E-state index contributed by atoms with van der Waals surface area (Å²) in [5, 5.41) is 3.62. The van der Waals surface area contributed by atoms with Crippen molar-refractivity contribution in [2.75, 3.05) is 19.8 Å². The molecule has 0 amide bonds. The molecule has 0 saturated carbocycles. The van der Waals surface area contributed by atoms with Crippen LogP contribution in [-0.2, 0) is 11.2 Å². The van der Waals surface area contributed by atoms with Crippen molar-refractivity contribution >= 4 is 0 Å². The monoisotopic (exact) mass is 247 g/mol. The van der Waals surface area contributed by atoms with Crippen LogP contribution in [0.25, 0.3) is 0 Å². The molecule has 0 spiro atoms. The van der Waals surface area contributed by atoms with Gasteiger partial charge < -0.3 is 10.1 Å². The zero-order chi connectivity index (χ0) is 12.8. The Balaban J connectivity index is 2.04. The summed E-state index contributed by atoms with van der Waals surface area (Å²) in [7, 11) is 0. The lowest BCUT2D eigenvalue weighted by Gasteiger charge is -2.38. The molecule has 2 heteroatoms. The van der Waals surface area contributed by atoms with Crippen LogP contribution in [0.4, 0.5) is 0 Å². The third-order valence-corrected chi connectivity index (χ3v) is 3.86. The Morgan fingerprint density at radius 1 is 1.17 bits per heavy atom. The fourth-order valence-electron chi connectivity index (χ4n) is 2.67. The molecule has 1 aliphatic heterocycles. The van der Waals surface area contributed by atoms with Crippen molar-refractivity contribution in [3.8, 4) is 0 Å². The summed E-state index contributed by atoms with van der Waals surface area (Å²) < 4.78 is 5.54. The molecule has 2 nitrogen and oxygen atoms in total. The van der Waals surface area contributed by atoms with Crippen molar-refractivity contribution in [1.82, 2.24) is 5.32 Å². The molecule has 0 aromatic heterocycles. The summed E-state index contributed by atoms with van der Waals surface area (Å²) in [6, 6.07) is 11.4. The zero-order valence-electron chi connectivity index (χ0n) is 11.6. The van der Waals surface area contributed by atoms with E-state index in [9.17, 15) is 0 Å². The van der Waals surface area contributed by atoms with Crippen molar-refractivity contribution < 1.29 is 4.74 Å². The van der Waals surface area contributed by atoms with Gasteiger partial charge in [0.1, 0.15) is 0 Å². The molecule has 1 aliphatic rings. The van der Waals surface area contributed by atoms with Crippen LogP contribution in [0.5, 0.6) is 0 Å². The maximum atomic E-state index is 5.54. The van der Waals surface area contributed by atoms with Crippen molar-refractivity contribution in [1.29, 1.82) is 0 Å². The predicted molar refractivity (Wildman–Crippen MR) is 75.8 cm³/mol. The van der Waals surface area contributed by atoms with Crippen LogP contribution in [-0.4, -0.2) is 25.8 Å². The highest BCUT2D eigenvalue weighted by atomic mass is 16.5. The number of rotatable bonds is 5. The van der Waals surface area contributed by atoms with Gasteiger partial charge in [-0.15, -0.1) is 0 Å². The third kappa shape index (κ3) is 3.82. The Morgan fingerprint density at radius 3 is 2.44 bits per heavy atom. The quantitative estimate of drug-likeness (QED) is 0.863. The van der Waals surface area contributed by atoms with Crippen LogP contribution in [0.1, 0.15) is 32.3 Å². The molecule has 0 bridgehead atoms. The first-order chi connectivity index (χ1) is 8.70. The zero-order valence-corrected chi connectivity index (χ0v) is 11.6. The van der Waals surface area contributed by atoms with Crippen molar-refractivity contribution in [2.24, 2.45) is 5.41 Å². The van der Waals surface area contributed by atoms with E-state index in [2.05, 4.69) is 49.5 Å². The molecule has 1 heterocycles. The molecule has 1 aromatic rings. The Kier molecular flexibility index (Phi) is 4.79. The SMILES string of the molecule is CC(C)NCC1(Cc2ccccc2)CCOCC1. The molecule has 0 atom stereocenters. The van der Waals surface area contributed by atoms with E-state index < -0.39 is 0 Å². The van der Waals surface area contributed by atoms with Gasteiger partial charge in [-0.05, 0) is 30.2 Å². The van der Waals surface area contributed by atoms with Crippen molar-refractivity contribution in [3.63, 3.8) is 0 Å². The molecule has 1 fully saturated rings. The summed E-state index contributed by atoms with van der Waals surface area (Å²) >= 11 is 0. The Bertz CT molecular complexity index is 341. The first-order valence-electron chi connectivity index (χ1n) is 7.05. The largest absolute Gasteiger partial charge is 0.381 e. The van der Waals surface area contributed by atoms with Crippen molar-refractivity contribution in [3.05, 3.63) is 35.9 Å². The van der Waals surface area contributed by atoms with Crippen LogP contribution < -0.4 is 5.32 Å². The lowest BCUT2D eigenvalue weighted by Crippen LogP contribution is -2.42. The van der Waals surface area contributed by atoms with E-state index in [-0.39, 0.29) is 0 Å². The average Bonchev–Trinajstić information content (AvgIpc) is 2.39. The molecule has 18 heavy (non-hydrogen) atoms. The Labute approximate surface area is 111 Å². The normalized spacial score (nSPS) is 19.1. The molecular formula is C16H25NO. The summed E-state index contributed by atoms with van der Waals surface area (Å²) in [5.41, 5.74) is 1.83. The first-order valence-corrected chi connectivity index (χ1v) is 7.05. The second-order valence-electron chi connectivity index (χ2n) is 5.81. The molecule has 0 radical (unpaired) electrons. The lowest BCUT2D eigenvalue weighted by atomic mass is 9.75. The highest BCUT2D eigenvalue weighted by Crippen LogP contribution is 2.33. The number of ether oxygens (including phenoxy) is 1. The van der Waals surface area contributed by atoms with Gasteiger partial charge in [-0.25, -0.2) is 0 Å². The van der Waals surface area contributed by atoms with Crippen LogP contribution in [0, 0.1) is 5.41 Å². The van der Waals surface area contributed by atoms with Gasteiger partial charge in [0.25, 0.3) is 0 Å². The van der Waals surface area contributed by atoms with E-state index in [1.165, 1.54) is 18.4 Å². The van der Waals surface area contributed by atoms with Crippen LogP contribution in [0.15, 0.2) is 30.3 Å². The number of nitrogens with one attached hydrogen (secondary N) is 1. The highest BCUT2D eigenvalue weighted by molar-refractivity contribution is 5.17. The van der Waals surface area contributed by atoms with Crippen LogP contribution >= 0.6 is 0 Å². The Morgan fingerprint density at radius 2 is 1.83 bits per heavy atom. The molecule has 1 N–H and O–H groups in total. The summed E-state index contributed by atoms with van der Waals surface area (Å²) in [6.07, 6.45) is 3.50. The summed E-state index contributed by atoms with van der Waals surface area (Å²) in [6.45, 7) is 7.35. The minimum atomic E-state index is 0.379. The average molecular weight is 247 g/mol. The third-order valence-electron chi connectivity index (χ3n) is 3.86. The van der Waals surface area contributed by atoms with Gasteiger partial charge in [0.05, 0.1) is 0 Å². The minimum absolute atomic E-state index is 0.379. The fraction of sp³-hybridized carbons (Fsp3) is 0.625. The number of benzene rings is 1. The van der Waals surface area contributed by atoms with Gasteiger partial charge in [-0.1, -0.05) is 44.2 Å². The number of hydrogen-bond acceptors (Lipinski definition) is 2. The van der Waals surface area contributed by atoms with E-state index in [0.717, 1.165) is 26.2 Å². The molecule has 1 aromatic carbocycles. The van der Waals surface area contributed by atoms with Gasteiger partial charge in [-0.2, -0.15) is 0 Å². The molecule has 0 unspecified atom stereocenters. The van der Waals surface area contributed by atoms with Gasteiger partial charge in [0.2, 0.25) is 0 Å². The van der Waals surface area contributed by atoms with E-state index in [4.69, 9.17) is 4.74 Å². The number of hydrogen-bond donors (Lipinski definition) is 1. The molecule has 0 aliphatic carbocycles. The second-order valence-corrected chi connectivity index (χ2v) is 5.81. The van der Waals surface area contributed by atoms with Gasteiger partial charge in [0, 0.05) is 25.8 Å². The van der Waals surface area contributed by atoms with Crippen molar-refractivity contribution in [2.45, 2.75) is 39.2 Å². The van der Waals surface area contributed by atoms with E-state index in [0.29, 0.717) is 11.5 Å². The standard InChI is InChI=1S/C16H25NO/c1-14(2)17-13-16(8-10-18-11-9-16)12-15-6-4-3-5-7-15/h3-7,14,17H,8-13H2,1-2H3. The minimum Gasteiger partial charge on any atom is -0.381 e. The molecular weight excluding hydrogens is 222 g/mol. The van der Waals surface area contributed by atoms with Crippen LogP contribution in [0.3, 0.4) is 0 Å². The second kappa shape index (κ2) is 6.35. The molecule has 2 rings (SSSR count). The maximum Gasteiger partial charge on any atom is 0.0471 e. The smallest absolute Gasteiger partial charge is 0.0471 e. The van der Waals surface area contributed by atoms with Crippen LogP contribution in [0.2, 0.25) is 0 Å². The molecule has 100 valence electrons. The van der Waals surface area contributed by atoms with E-state index >= 15 is 0 Å². The van der Waals surface area contributed by atoms with E-state index in [1.54, 1.807) is 0 Å².